The molecule has 2 aromatic rings. The van der Waals surface area contributed by atoms with E-state index in [9.17, 15) is 10.1 Å². The van der Waals surface area contributed by atoms with Crippen molar-refractivity contribution in [2.24, 2.45) is 0 Å². The Balaban J connectivity index is 2.01. The number of anilines is 1. The van der Waals surface area contributed by atoms with Crippen LogP contribution in [-0.4, -0.2) is 21.7 Å². The second kappa shape index (κ2) is 3.55. The largest absolute Gasteiger partial charge is 0.378 e. The lowest BCUT2D eigenvalue weighted by atomic mass is 10.2. The van der Waals surface area contributed by atoms with Gasteiger partial charge in [-0.25, -0.2) is 4.57 Å². The van der Waals surface area contributed by atoms with E-state index in [1.54, 1.807) is 12.1 Å². The summed E-state index contributed by atoms with van der Waals surface area (Å²) in [5.74, 6) is 1.67. The van der Waals surface area contributed by atoms with Crippen LogP contribution in [0.2, 0.25) is 0 Å². The third-order valence-corrected chi connectivity index (χ3v) is 2.76. The van der Waals surface area contributed by atoms with Crippen molar-refractivity contribution in [3.05, 3.63) is 34.4 Å². The number of non-ortho nitro benzene ring substituents is 1. The number of aromatic amines is 1. The second-order valence-electron chi connectivity index (χ2n) is 3.78. The van der Waals surface area contributed by atoms with Crippen molar-refractivity contribution in [3.8, 4) is 11.4 Å². The average molecular weight is 232 g/mol. The predicted octanol–water partition coefficient (Wildman–Crippen LogP) is 0.698. The van der Waals surface area contributed by atoms with Crippen LogP contribution in [0, 0.1) is 10.1 Å². The van der Waals surface area contributed by atoms with Gasteiger partial charge < -0.3 is 0 Å². The fraction of sp³-hybridized carbons (Fsp3) is 0.200. The van der Waals surface area contributed by atoms with Crippen molar-refractivity contribution < 1.29 is 9.49 Å². The van der Waals surface area contributed by atoms with E-state index in [1.165, 1.54) is 12.1 Å². The summed E-state index contributed by atoms with van der Waals surface area (Å²) < 4.78 is 2.02. The summed E-state index contributed by atoms with van der Waals surface area (Å²) in [6.45, 7) is 1.70. The quantitative estimate of drug-likeness (QED) is 0.453. The zero-order valence-electron chi connectivity index (χ0n) is 8.88. The number of aromatic nitrogens is 3. The van der Waals surface area contributed by atoms with E-state index in [2.05, 4.69) is 15.5 Å². The molecule has 1 aliphatic heterocycles. The molecule has 1 aromatic heterocycles. The summed E-state index contributed by atoms with van der Waals surface area (Å²) in [4.78, 5) is 10.1. The molecule has 0 atom stereocenters. The van der Waals surface area contributed by atoms with E-state index in [0.717, 1.165) is 30.4 Å². The van der Waals surface area contributed by atoms with Gasteiger partial charge in [-0.2, -0.15) is 5.10 Å². The summed E-state index contributed by atoms with van der Waals surface area (Å²) in [6, 6.07) is 6.42. The Bertz CT molecular complexity index is 575. The molecule has 0 amide bonds. The van der Waals surface area contributed by atoms with Gasteiger partial charge in [-0.15, -0.1) is 0 Å². The Labute approximate surface area is 96.2 Å². The molecular formula is C10H10N5O2+. The first-order valence-corrected chi connectivity index (χ1v) is 5.22. The number of nitrogens with zero attached hydrogens (tertiary/aromatic N) is 3. The van der Waals surface area contributed by atoms with Crippen LogP contribution in [0.15, 0.2) is 24.3 Å². The molecule has 86 valence electrons. The van der Waals surface area contributed by atoms with E-state index in [0.29, 0.717) is 0 Å². The van der Waals surface area contributed by atoms with Gasteiger partial charge in [-0.3, -0.25) is 15.4 Å². The van der Waals surface area contributed by atoms with E-state index >= 15 is 0 Å². The van der Waals surface area contributed by atoms with Gasteiger partial charge in [-0.1, -0.05) is 0 Å². The van der Waals surface area contributed by atoms with Crippen molar-refractivity contribution in [1.29, 1.82) is 0 Å². The smallest absolute Gasteiger partial charge is 0.289 e. The molecule has 17 heavy (non-hydrogen) atoms. The van der Waals surface area contributed by atoms with Gasteiger partial charge in [0.1, 0.15) is 0 Å². The summed E-state index contributed by atoms with van der Waals surface area (Å²) >= 11 is 0. The van der Waals surface area contributed by atoms with Crippen LogP contribution in [0.1, 0.15) is 0 Å². The van der Waals surface area contributed by atoms with Crippen LogP contribution in [0.5, 0.6) is 0 Å². The van der Waals surface area contributed by atoms with Gasteiger partial charge >= 0.3 is 5.95 Å². The Morgan fingerprint density at radius 1 is 1.35 bits per heavy atom. The number of hydrogen-bond acceptors (Lipinski definition) is 4. The first-order chi connectivity index (χ1) is 8.25. The molecule has 1 aliphatic rings. The molecule has 7 nitrogen and oxygen atoms in total. The number of benzene rings is 1. The summed E-state index contributed by atoms with van der Waals surface area (Å²) in [5.41, 5.74) is 0.978. The molecule has 2 N–H and O–H groups in total. The van der Waals surface area contributed by atoms with Crippen LogP contribution < -0.4 is 9.88 Å². The highest BCUT2D eigenvalue weighted by Gasteiger charge is 2.24. The minimum absolute atomic E-state index is 0.0908. The highest BCUT2D eigenvalue weighted by atomic mass is 16.6. The molecule has 0 unspecified atom stereocenters. The molecular weight excluding hydrogens is 222 g/mol. The SMILES string of the molecule is O=[N+]([O-])c1ccc(-c2[nH]nc3[n+]2CCN3)cc1. The monoisotopic (exact) mass is 232 g/mol. The number of nitro benzene ring substituents is 1. The second-order valence-corrected chi connectivity index (χ2v) is 3.78. The standard InChI is InChI=1S/C10H9N5O2/c16-15(17)8-3-1-7(2-4-8)9-12-13-10-11-5-6-14(9)10/h1-4H,5-6H2,(H,11,13)/p+1. The predicted molar refractivity (Wildman–Crippen MR) is 59.4 cm³/mol. The zero-order chi connectivity index (χ0) is 11.8. The molecule has 2 heterocycles. The number of fused-ring (bicyclic) bond motifs is 1. The molecule has 7 heteroatoms. The maximum Gasteiger partial charge on any atom is 0.378 e. The minimum atomic E-state index is -0.407. The van der Waals surface area contributed by atoms with Gasteiger partial charge in [0.25, 0.3) is 5.69 Å². The Morgan fingerprint density at radius 2 is 2.12 bits per heavy atom. The van der Waals surface area contributed by atoms with Crippen LogP contribution in [0.25, 0.3) is 11.4 Å². The van der Waals surface area contributed by atoms with Gasteiger partial charge in [0.05, 0.1) is 18.0 Å². The molecule has 0 saturated heterocycles. The summed E-state index contributed by atoms with van der Waals surface area (Å²) in [7, 11) is 0. The molecule has 0 aliphatic carbocycles. The van der Waals surface area contributed by atoms with Crippen LogP contribution in [0.3, 0.4) is 0 Å². The fourth-order valence-electron chi connectivity index (χ4n) is 1.93. The van der Waals surface area contributed by atoms with E-state index in [4.69, 9.17) is 0 Å². The molecule has 0 fully saturated rings. The highest BCUT2D eigenvalue weighted by molar-refractivity contribution is 5.55. The highest BCUT2D eigenvalue weighted by Crippen LogP contribution is 2.19. The number of nitrogens with one attached hydrogen (secondary N) is 2. The first-order valence-electron chi connectivity index (χ1n) is 5.22. The molecule has 0 spiro atoms. The molecule has 1 aromatic carbocycles. The van der Waals surface area contributed by atoms with Gasteiger partial charge in [0, 0.05) is 22.8 Å². The molecule has 0 bridgehead atoms. The fourth-order valence-corrected chi connectivity index (χ4v) is 1.93. The van der Waals surface area contributed by atoms with Crippen LogP contribution >= 0.6 is 0 Å². The van der Waals surface area contributed by atoms with Crippen LogP contribution in [-0.2, 0) is 6.54 Å². The lowest BCUT2D eigenvalue weighted by Gasteiger charge is -1.97. The van der Waals surface area contributed by atoms with Crippen molar-refractivity contribution >= 4 is 11.6 Å². The Hall–Kier alpha value is -2.44. The van der Waals surface area contributed by atoms with Gasteiger partial charge in [0.2, 0.25) is 5.82 Å². The first kappa shape index (κ1) is 9.76. The molecule has 0 radical (unpaired) electrons. The topological polar surface area (TPSA) is 87.7 Å². The molecule has 3 rings (SSSR count). The number of rotatable bonds is 2. The van der Waals surface area contributed by atoms with Gasteiger partial charge in [0.15, 0.2) is 0 Å². The van der Waals surface area contributed by atoms with E-state index in [-0.39, 0.29) is 5.69 Å². The van der Waals surface area contributed by atoms with E-state index < -0.39 is 4.92 Å². The normalized spacial score (nSPS) is 13.2. The average Bonchev–Trinajstić information content (AvgIpc) is 2.90. The molecule has 0 saturated carbocycles. The lowest BCUT2D eigenvalue weighted by molar-refractivity contribution is -0.659. The van der Waals surface area contributed by atoms with Crippen molar-refractivity contribution in [2.45, 2.75) is 6.54 Å². The number of hydrogen-bond donors (Lipinski definition) is 2. The zero-order valence-corrected chi connectivity index (χ0v) is 8.88. The van der Waals surface area contributed by atoms with Gasteiger partial charge in [-0.05, 0) is 12.1 Å². The maximum atomic E-state index is 10.6. The van der Waals surface area contributed by atoms with Crippen molar-refractivity contribution in [3.63, 3.8) is 0 Å². The summed E-state index contributed by atoms with van der Waals surface area (Å²) in [6.07, 6.45) is 0. The maximum absolute atomic E-state index is 10.6. The number of nitro groups is 1. The Kier molecular flexibility index (Phi) is 2.04. The summed E-state index contributed by atoms with van der Waals surface area (Å²) in [5, 5.41) is 20.7. The Morgan fingerprint density at radius 3 is 2.82 bits per heavy atom. The third-order valence-electron chi connectivity index (χ3n) is 2.76. The van der Waals surface area contributed by atoms with Crippen LogP contribution in [0.4, 0.5) is 11.6 Å². The van der Waals surface area contributed by atoms with E-state index in [1.807, 2.05) is 4.57 Å². The third kappa shape index (κ3) is 1.52. The minimum Gasteiger partial charge on any atom is -0.289 e. The van der Waals surface area contributed by atoms with Crippen molar-refractivity contribution in [2.75, 3.05) is 11.9 Å². The lowest BCUT2D eigenvalue weighted by Crippen LogP contribution is -2.31. The number of H-pyrrole nitrogens is 1. The van der Waals surface area contributed by atoms with Crippen molar-refractivity contribution in [1.82, 2.24) is 10.2 Å².